The average Bonchev–Trinajstić information content (AvgIpc) is 3.22. The maximum absolute atomic E-state index is 12.7. The zero-order chi connectivity index (χ0) is 22.7. The third kappa shape index (κ3) is 4.81. The number of carbonyl (C=O) groups excluding carboxylic acids is 1. The van der Waals surface area contributed by atoms with Crippen LogP contribution in [-0.2, 0) is 0 Å². The lowest BCUT2D eigenvalue weighted by Gasteiger charge is -2.10. The zero-order valence-corrected chi connectivity index (χ0v) is 19.4. The predicted octanol–water partition coefficient (Wildman–Crippen LogP) is 7.12. The normalized spacial score (nSPS) is 11.2. The smallest absolute Gasteiger partial charge is 0.173 e. The fraction of sp³-hybridized carbons (Fsp3) is 0.269. The molecule has 0 aliphatic carbocycles. The fourth-order valence-corrected chi connectivity index (χ4v) is 4.80. The molecule has 4 aromatic rings. The number of benzene rings is 2. The molecular weight excluding hydrogens is 418 g/mol. The van der Waals surface area contributed by atoms with Crippen molar-refractivity contribution in [3.05, 3.63) is 65.4 Å². The fourth-order valence-electron chi connectivity index (χ4n) is 3.81. The van der Waals surface area contributed by atoms with Crippen LogP contribution in [0.25, 0.3) is 21.2 Å². The Hall–Kier alpha value is -3.25. The number of nitrogens with zero attached hydrogens (tertiary/aromatic N) is 2. The quantitative estimate of drug-likeness (QED) is 0.223. The lowest BCUT2D eigenvalue weighted by molar-refractivity contribution is 0.0963. The molecule has 0 aliphatic heterocycles. The molecule has 0 bridgehead atoms. The molecule has 0 aliphatic rings. The van der Waals surface area contributed by atoms with Gasteiger partial charge in [-0.1, -0.05) is 32.8 Å². The molecule has 2 heterocycles. The highest BCUT2D eigenvalue weighted by Gasteiger charge is 2.16. The molecule has 0 unspecified atom stereocenters. The highest BCUT2D eigenvalue weighted by atomic mass is 32.1. The van der Waals surface area contributed by atoms with Gasteiger partial charge in [-0.3, -0.25) is 4.79 Å². The third-order valence-corrected chi connectivity index (χ3v) is 6.93. The number of fused-ring (bicyclic) bond motifs is 1. The maximum atomic E-state index is 12.7. The molecule has 32 heavy (non-hydrogen) atoms. The molecule has 4 rings (SSSR count). The van der Waals surface area contributed by atoms with E-state index < -0.39 is 0 Å². The molecule has 2 aromatic heterocycles. The molecule has 0 radical (unpaired) electrons. The number of aryl methyl sites for hydroxylation is 1. The minimum Gasteiger partial charge on any atom is -0.507 e. The summed E-state index contributed by atoms with van der Waals surface area (Å²) in [6.45, 7) is 6.12. The maximum Gasteiger partial charge on any atom is 0.173 e. The van der Waals surface area contributed by atoms with Crippen LogP contribution < -0.4 is 5.32 Å². The Morgan fingerprint density at radius 3 is 2.66 bits per heavy atom. The number of aromatic nitrogens is 2. The number of nitrogens with one attached hydrogen (secondary N) is 1. The van der Waals surface area contributed by atoms with E-state index >= 15 is 0 Å². The number of thiophene rings is 1. The van der Waals surface area contributed by atoms with Crippen LogP contribution in [0.3, 0.4) is 0 Å². The van der Waals surface area contributed by atoms with E-state index in [9.17, 15) is 9.90 Å². The second-order valence-electron chi connectivity index (χ2n) is 8.02. The number of aromatic hydroxyl groups is 1. The van der Waals surface area contributed by atoms with Gasteiger partial charge in [-0.15, -0.1) is 11.3 Å². The molecule has 5 nitrogen and oxygen atoms in total. The van der Waals surface area contributed by atoms with Gasteiger partial charge in [-0.05, 0) is 66.3 Å². The van der Waals surface area contributed by atoms with E-state index in [2.05, 4.69) is 29.1 Å². The predicted molar refractivity (Wildman–Crippen MR) is 132 cm³/mol. The summed E-state index contributed by atoms with van der Waals surface area (Å²) in [6.07, 6.45) is 4.35. The Kier molecular flexibility index (Phi) is 6.51. The molecule has 164 valence electrons. The van der Waals surface area contributed by atoms with E-state index in [0.717, 1.165) is 44.6 Å². The van der Waals surface area contributed by atoms with Gasteiger partial charge in [0.05, 0.1) is 4.88 Å². The molecule has 0 spiro atoms. The summed E-state index contributed by atoms with van der Waals surface area (Å²) in [5.41, 5.74) is 2.44. The summed E-state index contributed by atoms with van der Waals surface area (Å²) in [6, 6.07) is 15.2. The van der Waals surface area contributed by atoms with Crippen LogP contribution in [0.15, 0.2) is 54.7 Å². The number of hydrogen-bond acceptors (Lipinski definition) is 6. The molecule has 2 N–H and O–H groups in total. The van der Waals surface area contributed by atoms with E-state index in [1.807, 2.05) is 43.3 Å². The van der Waals surface area contributed by atoms with Crippen molar-refractivity contribution in [3.63, 3.8) is 0 Å². The van der Waals surface area contributed by atoms with Crippen molar-refractivity contribution in [2.45, 2.75) is 40.0 Å². The SMILES string of the molecule is CCC(CC)CC(=O)c1cc2cc(-c3cc(Nc4ccnc(C)n4)ccc3O)ccc2s1. The van der Waals surface area contributed by atoms with Crippen LogP contribution in [-0.4, -0.2) is 20.9 Å². The van der Waals surface area contributed by atoms with Crippen molar-refractivity contribution in [2.75, 3.05) is 5.32 Å². The van der Waals surface area contributed by atoms with Crippen molar-refractivity contribution >= 4 is 38.7 Å². The summed E-state index contributed by atoms with van der Waals surface area (Å²) in [5, 5.41) is 14.8. The number of phenols is 1. The number of carbonyl (C=O) groups is 1. The lowest BCUT2D eigenvalue weighted by Crippen LogP contribution is -2.05. The number of anilines is 2. The van der Waals surface area contributed by atoms with Crippen molar-refractivity contribution in [1.29, 1.82) is 0 Å². The number of hydrogen-bond donors (Lipinski definition) is 2. The molecule has 0 saturated carbocycles. The molecule has 0 fully saturated rings. The van der Waals surface area contributed by atoms with Gasteiger partial charge < -0.3 is 10.4 Å². The van der Waals surface area contributed by atoms with Crippen molar-refractivity contribution in [2.24, 2.45) is 5.92 Å². The highest BCUT2D eigenvalue weighted by molar-refractivity contribution is 7.20. The summed E-state index contributed by atoms with van der Waals surface area (Å²) < 4.78 is 1.08. The zero-order valence-electron chi connectivity index (χ0n) is 18.6. The molecular formula is C26H27N3O2S. The third-order valence-electron chi connectivity index (χ3n) is 5.78. The Morgan fingerprint density at radius 1 is 1.09 bits per heavy atom. The van der Waals surface area contributed by atoms with Gasteiger partial charge in [-0.2, -0.15) is 0 Å². The Labute approximate surface area is 192 Å². The first-order valence-corrected chi connectivity index (χ1v) is 11.7. The Morgan fingerprint density at radius 2 is 1.91 bits per heavy atom. The van der Waals surface area contributed by atoms with Crippen LogP contribution in [0.4, 0.5) is 11.5 Å². The first-order valence-electron chi connectivity index (χ1n) is 10.9. The van der Waals surface area contributed by atoms with Crippen LogP contribution in [0, 0.1) is 12.8 Å². The van der Waals surface area contributed by atoms with E-state index in [-0.39, 0.29) is 11.5 Å². The van der Waals surface area contributed by atoms with E-state index in [0.29, 0.717) is 24.0 Å². The van der Waals surface area contributed by atoms with Crippen LogP contribution >= 0.6 is 11.3 Å². The van der Waals surface area contributed by atoms with Crippen LogP contribution in [0.2, 0.25) is 0 Å². The largest absolute Gasteiger partial charge is 0.507 e. The first kappa shape index (κ1) is 22.0. The first-order chi connectivity index (χ1) is 15.5. The van der Waals surface area contributed by atoms with Gasteiger partial charge in [0.25, 0.3) is 0 Å². The van der Waals surface area contributed by atoms with Gasteiger partial charge in [0.15, 0.2) is 5.78 Å². The van der Waals surface area contributed by atoms with Crippen LogP contribution in [0.1, 0.15) is 48.6 Å². The molecule has 2 aromatic carbocycles. The Bertz CT molecular complexity index is 1260. The van der Waals surface area contributed by atoms with Gasteiger partial charge in [0, 0.05) is 28.6 Å². The van der Waals surface area contributed by atoms with Crippen LogP contribution in [0.5, 0.6) is 5.75 Å². The molecule has 6 heteroatoms. The summed E-state index contributed by atoms with van der Waals surface area (Å²) >= 11 is 1.54. The van der Waals surface area contributed by atoms with E-state index in [1.54, 1.807) is 29.7 Å². The number of ketones is 1. The second kappa shape index (κ2) is 9.49. The number of phenolic OH excluding ortho intramolecular Hbond substituents is 1. The molecule has 0 atom stereocenters. The van der Waals surface area contributed by atoms with Gasteiger partial charge in [-0.25, -0.2) is 9.97 Å². The van der Waals surface area contributed by atoms with Crippen molar-refractivity contribution in [3.8, 4) is 16.9 Å². The summed E-state index contributed by atoms with van der Waals surface area (Å²) in [5.74, 6) is 2.24. The second-order valence-corrected chi connectivity index (χ2v) is 9.10. The molecule has 0 saturated heterocycles. The Balaban J connectivity index is 1.62. The topological polar surface area (TPSA) is 75.1 Å². The van der Waals surface area contributed by atoms with E-state index in [1.165, 1.54) is 0 Å². The van der Waals surface area contributed by atoms with Gasteiger partial charge in [0.2, 0.25) is 0 Å². The summed E-state index contributed by atoms with van der Waals surface area (Å²) in [4.78, 5) is 22.0. The van der Waals surface area contributed by atoms with Gasteiger partial charge >= 0.3 is 0 Å². The lowest BCUT2D eigenvalue weighted by atomic mass is 9.96. The minimum absolute atomic E-state index is 0.203. The number of rotatable bonds is 8. The summed E-state index contributed by atoms with van der Waals surface area (Å²) in [7, 11) is 0. The van der Waals surface area contributed by atoms with Crippen molar-refractivity contribution in [1.82, 2.24) is 9.97 Å². The van der Waals surface area contributed by atoms with E-state index in [4.69, 9.17) is 0 Å². The molecule has 0 amide bonds. The number of Topliss-reactive ketones (excluding diaryl/α,β-unsaturated/α-hetero) is 1. The highest BCUT2D eigenvalue weighted by Crippen LogP contribution is 2.36. The van der Waals surface area contributed by atoms with Crippen molar-refractivity contribution < 1.29 is 9.90 Å². The monoisotopic (exact) mass is 445 g/mol. The minimum atomic E-state index is 0.203. The average molecular weight is 446 g/mol. The van der Waals surface area contributed by atoms with Gasteiger partial charge in [0.1, 0.15) is 17.4 Å². The standard InChI is InChI=1S/C26H27N3O2S/c1-4-17(5-2)12-23(31)25-14-19-13-18(6-9-24(19)32-25)21-15-20(7-8-22(21)30)29-26-10-11-27-16(3)28-26/h6-11,13-15,17,30H,4-5,12H2,1-3H3,(H,27,28,29).